The molecule has 2 atom stereocenters. The van der Waals surface area contributed by atoms with E-state index in [0.29, 0.717) is 6.42 Å². The third-order valence-electron chi connectivity index (χ3n) is 6.78. The zero-order chi connectivity index (χ0) is 23.6. The van der Waals surface area contributed by atoms with Crippen molar-refractivity contribution in [3.05, 3.63) is 101 Å². The zero-order valence-electron chi connectivity index (χ0n) is 18.4. The van der Waals surface area contributed by atoms with Crippen molar-refractivity contribution in [1.29, 1.82) is 0 Å². The molecule has 7 nitrogen and oxygen atoms in total. The van der Waals surface area contributed by atoms with Crippen LogP contribution in [0.1, 0.15) is 38.8 Å². The minimum atomic E-state index is -1.19. The molecule has 1 fully saturated rings. The molecule has 2 aliphatic rings. The first kappa shape index (κ1) is 20.2. The molecule has 7 heteroatoms. The molecule has 1 saturated heterocycles. The van der Waals surface area contributed by atoms with E-state index < -0.39 is 30.0 Å². The lowest BCUT2D eigenvalue weighted by Gasteiger charge is -2.36. The van der Waals surface area contributed by atoms with Gasteiger partial charge in [-0.25, -0.2) is 14.5 Å². The number of benzene rings is 3. The number of fused-ring (bicyclic) bond motifs is 4. The summed E-state index contributed by atoms with van der Waals surface area (Å²) in [6.45, 7) is 1.99. The molecule has 4 aromatic rings. The number of hydrogen-bond donors (Lipinski definition) is 2. The predicted octanol–water partition coefficient (Wildman–Crippen LogP) is 4.66. The van der Waals surface area contributed by atoms with Gasteiger partial charge < -0.3 is 10.1 Å². The van der Waals surface area contributed by atoms with Crippen LogP contribution < -0.4 is 4.90 Å². The number of carbonyl (C=O) groups excluding carboxylic acids is 2. The van der Waals surface area contributed by atoms with Gasteiger partial charge in [0.15, 0.2) is 0 Å². The summed E-state index contributed by atoms with van der Waals surface area (Å²) in [5.74, 6) is -1.60. The summed E-state index contributed by atoms with van der Waals surface area (Å²) < 4.78 is 0. The largest absolute Gasteiger partial charge is 0.478 e. The third kappa shape index (κ3) is 2.80. The summed E-state index contributed by atoms with van der Waals surface area (Å²) in [7, 11) is 0. The van der Waals surface area contributed by atoms with Gasteiger partial charge in [-0.15, -0.1) is 0 Å². The van der Waals surface area contributed by atoms with Crippen LogP contribution in [0.5, 0.6) is 0 Å². The van der Waals surface area contributed by atoms with Crippen molar-refractivity contribution in [1.82, 2.24) is 9.88 Å². The molecule has 6 rings (SSSR count). The number of nitrogens with zero attached hydrogens (tertiary/aromatic N) is 2. The highest BCUT2D eigenvalue weighted by Crippen LogP contribution is 2.45. The summed E-state index contributed by atoms with van der Waals surface area (Å²) in [6, 6.07) is 20.2. The van der Waals surface area contributed by atoms with Crippen molar-refractivity contribution in [2.24, 2.45) is 0 Å². The number of imide groups is 1. The standard InChI is InChI=1S/C27H21N3O4/c1-15-7-6-8-16(13-15)24-23-19(17-9-2-4-11-20(17)28-23)14-22-25(31)30(27(34)29(22)24)21-12-5-3-10-18(21)26(32)33/h2-13,22,24,28H,14H2,1H3,(H,32,33). The number of anilines is 1. The van der Waals surface area contributed by atoms with Gasteiger partial charge in [-0.1, -0.05) is 60.2 Å². The Morgan fingerprint density at radius 3 is 2.56 bits per heavy atom. The SMILES string of the molecule is Cc1cccc(C2c3[nH]c4ccccc4c3CC3C(=O)N(c4ccccc4C(=O)O)C(=O)N32)c1. The summed E-state index contributed by atoms with van der Waals surface area (Å²) in [5.41, 5.74) is 4.81. The second-order valence-corrected chi connectivity index (χ2v) is 8.79. The van der Waals surface area contributed by atoms with Crippen molar-refractivity contribution in [2.75, 3.05) is 4.90 Å². The molecule has 168 valence electrons. The van der Waals surface area contributed by atoms with Crippen LogP contribution in [-0.2, 0) is 11.2 Å². The topological polar surface area (TPSA) is 93.7 Å². The van der Waals surface area contributed by atoms with E-state index in [2.05, 4.69) is 4.98 Å². The van der Waals surface area contributed by atoms with E-state index in [1.165, 1.54) is 12.1 Å². The third-order valence-corrected chi connectivity index (χ3v) is 6.78. The lowest BCUT2D eigenvalue weighted by atomic mass is 9.88. The minimum absolute atomic E-state index is 0.0832. The van der Waals surface area contributed by atoms with Gasteiger partial charge in [0.05, 0.1) is 11.3 Å². The van der Waals surface area contributed by atoms with Crippen molar-refractivity contribution in [2.45, 2.75) is 25.4 Å². The van der Waals surface area contributed by atoms with Gasteiger partial charge in [0.25, 0.3) is 5.91 Å². The number of amides is 3. The van der Waals surface area contributed by atoms with Crippen molar-refractivity contribution >= 4 is 34.5 Å². The molecule has 2 unspecified atom stereocenters. The average Bonchev–Trinajstić information content (AvgIpc) is 3.32. The number of aromatic amines is 1. The monoisotopic (exact) mass is 451 g/mol. The first-order valence-electron chi connectivity index (χ1n) is 11.1. The smallest absolute Gasteiger partial charge is 0.337 e. The number of H-pyrrole nitrogens is 1. The number of hydrogen-bond acceptors (Lipinski definition) is 3. The summed E-state index contributed by atoms with van der Waals surface area (Å²) in [6.07, 6.45) is 0.359. The average molecular weight is 451 g/mol. The molecule has 0 radical (unpaired) electrons. The quantitative estimate of drug-likeness (QED) is 0.443. The number of carboxylic acid groups (broad SMARTS) is 1. The van der Waals surface area contributed by atoms with Gasteiger partial charge >= 0.3 is 12.0 Å². The molecule has 0 spiro atoms. The van der Waals surface area contributed by atoms with Crippen LogP contribution in [0, 0.1) is 6.92 Å². The lowest BCUT2D eigenvalue weighted by molar-refractivity contribution is -0.120. The molecular formula is C27H21N3O4. The Labute approximate surface area is 195 Å². The van der Waals surface area contributed by atoms with E-state index in [1.54, 1.807) is 17.0 Å². The van der Waals surface area contributed by atoms with Gasteiger partial charge in [-0.3, -0.25) is 9.69 Å². The molecule has 34 heavy (non-hydrogen) atoms. The fourth-order valence-corrected chi connectivity index (χ4v) is 5.33. The minimum Gasteiger partial charge on any atom is -0.478 e. The molecular weight excluding hydrogens is 430 g/mol. The van der Waals surface area contributed by atoms with Crippen molar-refractivity contribution in [3.63, 3.8) is 0 Å². The second kappa shape index (κ2) is 7.31. The highest BCUT2D eigenvalue weighted by Gasteiger charge is 2.53. The first-order valence-corrected chi connectivity index (χ1v) is 11.1. The van der Waals surface area contributed by atoms with Crippen LogP contribution in [0.15, 0.2) is 72.8 Å². The van der Waals surface area contributed by atoms with Gasteiger partial charge in [-0.2, -0.15) is 0 Å². The molecule has 2 aliphatic heterocycles. The van der Waals surface area contributed by atoms with Crippen LogP contribution in [0.4, 0.5) is 10.5 Å². The first-order chi connectivity index (χ1) is 16.5. The number of carbonyl (C=O) groups is 3. The predicted molar refractivity (Wildman–Crippen MR) is 127 cm³/mol. The van der Waals surface area contributed by atoms with E-state index in [1.807, 2.05) is 55.5 Å². The van der Waals surface area contributed by atoms with Crippen molar-refractivity contribution in [3.8, 4) is 0 Å². The highest BCUT2D eigenvalue weighted by molar-refractivity contribution is 6.23. The van der Waals surface area contributed by atoms with Crippen LogP contribution in [0.2, 0.25) is 0 Å². The van der Waals surface area contributed by atoms with Gasteiger partial charge in [0.2, 0.25) is 0 Å². The Bertz CT molecular complexity index is 1500. The molecule has 3 amide bonds. The van der Waals surface area contributed by atoms with Crippen LogP contribution in [0.3, 0.4) is 0 Å². The van der Waals surface area contributed by atoms with Crippen LogP contribution in [-0.4, -0.2) is 38.9 Å². The van der Waals surface area contributed by atoms with Gasteiger partial charge in [-0.05, 0) is 36.2 Å². The highest BCUT2D eigenvalue weighted by atomic mass is 16.4. The Morgan fingerprint density at radius 2 is 1.76 bits per heavy atom. The molecule has 3 aromatic carbocycles. The summed E-state index contributed by atoms with van der Waals surface area (Å²) >= 11 is 0. The number of para-hydroxylation sites is 2. The van der Waals surface area contributed by atoms with E-state index in [9.17, 15) is 19.5 Å². The second-order valence-electron chi connectivity index (χ2n) is 8.79. The van der Waals surface area contributed by atoms with Crippen LogP contribution in [0.25, 0.3) is 10.9 Å². The maximum absolute atomic E-state index is 13.8. The molecule has 0 saturated carbocycles. The Kier molecular flexibility index (Phi) is 4.35. The fourth-order valence-electron chi connectivity index (χ4n) is 5.33. The normalized spacial score (nSPS) is 19.4. The maximum Gasteiger partial charge on any atom is 0.337 e. The van der Waals surface area contributed by atoms with Gasteiger partial charge in [0.1, 0.15) is 12.1 Å². The van der Waals surface area contributed by atoms with Crippen molar-refractivity contribution < 1.29 is 19.5 Å². The Morgan fingerprint density at radius 1 is 1.00 bits per heavy atom. The summed E-state index contributed by atoms with van der Waals surface area (Å²) in [5, 5.41) is 10.7. The Hall–Kier alpha value is -4.39. The maximum atomic E-state index is 13.8. The number of nitrogens with one attached hydrogen (secondary N) is 1. The van der Waals surface area contributed by atoms with E-state index in [-0.39, 0.29) is 11.3 Å². The number of aromatic carboxylic acids is 1. The fraction of sp³-hybridized carbons (Fsp3) is 0.148. The molecule has 1 aromatic heterocycles. The lowest BCUT2D eigenvalue weighted by Crippen LogP contribution is -2.44. The van der Waals surface area contributed by atoms with E-state index >= 15 is 0 Å². The summed E-state index contributed by atoms with van der Waals surface area (Å²) in [4.78, 5) is 45.5. The zero-order valence-corrected chi connectivity index (χ0v) is 18.4. The molecule has 2 N–H and O–H groups in total. The van der Waals surface area contributed by atoms with Gasteiger partial charge in [0, 0.05) is 23.0 Å². The van der Waals surface area contributed by atoms with E-state index in [0.717, 1.165) is 38.2 Å². The number of aryl methyl sites for hydroxylation is 1. The number of urea groups is 1. The molecule has 0 bridgehead atoms. The number of aromatic nitrogens is 1. The number of carboxylic acids is 1. The molecule has 0 aliphatic carbocycles. The Balaban J connectivity index is 1.56. The molecule has 3 heterocycles. The van der Waals surface area contributed by atoms with Crippen LogP contribution >= 0.6 is 0 Å². The van der Waals surface area contributed by atoms with E-state index in [4.69, 9.17) is 0 Å². The number of rotatable bonds is 3.